The number of aldehydes is 1. The van der Waals surface area contributed by atoms with Gasteiger partial charge in [0.1, 0.15) is 12.0 Å². The fraction of sp³-hybridized carbons (Fsp3) is 0.200. The molecule has 0 unspecified atom stereocenters. The second-order valence-corrected chi connectivity index (χ2v) is 2.42. The molecule has 3 heteroatoms. The molecule has 1 aromatic rings. The normalized spacial score (nSPS) is 8.69. The molecule has 0 spiro atoms. The van der Waals surface area contributed by atoms with E-state index >= 15 is 0 Å². The summed E-state index contributed by atoms with van der Waals surface area (Å²) in [6, 6.07) is 3.31. The van der Waals surface area contributed by atoms with Crippen LogP contribution < -0.4 is 5.32 Å². The number of carbonyl (C=O) groups is 1. The van der Waals surface area contributed by atoms with Crippen LogP contribution in [0.15, 0.2) is 18.3 Å². The van der Waals surface area contributed by atoms with Crippen LogP contribution in [0.25, 0.3) is 0 Å². The van der Waals surface area contributed by atoms with Crippen LogP contribution in [0.2, 0.25) is 0 Å². The topological polar surface area (TPSA) is 42.0 Å². The Morgan fingerprint density at radius 2 is 2.54 bits per heavy atom. The van der Waals surface area contributed by atoms with Crippen molar-refractivity contribution in [1.82, 2.24) is 10.3 Å². The third kappa shape index (κ3) is 3.06. The molecule has 1 rings (SSSR count). The lowest BCUT2D eigenvalue weighted by Gasteiger charge is -1.90. The standard InChI is InChI=1S/C10H10N2O/c1-11-5-2-3-10-7-9(8-13)4-6-12-10/h4,6-8,11H,5H2,1H3. The number of hydrogen-bond acceptors (Lipinski definition) is 3. The van der Waals surface area contributed by atoms with Gasteiger partial charge >= 0.3 is 0 Å². The minimum atomic E-state index is 0.601. The molecule has 13 heavy (non-hydrogen) atoms. The molecular weight excluding hydrogens is 164 g/mol. The first kappa shape index (κ1) is 9.43. The quantitative estimate of drug-likeness (QED) is 0.523. The van der Waals surface area contributed by atoms with E-state index in [4.69, 9.17) is 0 Å². The van der Waals surface area contributed by atoms with E-state index in [2.05, 4.69) is 22.1 Å². The summed E-state index contributed by atoms with van der Waals surface area (Å²) in [6.07, 6.45) is 2.36. The fourth-order valence-electron chi connectivity index (χ4n) is 0.812. The van der Waals surface area contributed by atoms with E-state index < -0.39 is 0 Å². The van der Waals surface area contributed by atoms with Gasteiger partial charge in [0, 0.05) is 11.8 Å². The summed E-state index contributed by atoms with van der Waals surface area (Å²) in [7, 11) is 1.82. The SMILES string of the molecule is CNCC#Cc1cc(C=O)ccn1. The van der Waals surface area contributed by atoms with E-state index in [1.165, 1.54) is 0 Å². The molecule has 0 bridgehead atoms. The molecule has 0 aliphatic heterocycles. The zero-order chi connectivity index (χ0) is 9.52. The Bertz CT molecular complexity index is 349. The number of carbonyl (C=O) groups excluding carboxylic acids is 1. The van der Waals surface area contributed by atoms with Crippen LogP contribution in [-0.2, 0) is 0 Å². The van der Waals surface area contributed by atoms with Crippen LogP contribution >= 0.6 is 0 Å². The first-order valence-electron chi connectivity index (χ1n) is 3.91. The van der Waals surface area contributed by atoms with E-state index in [0.717, 1.165) is 6.29 Å². The molecule has 0 fully saturated rings. The zero-order valence-corrected chi connectivity index (χ0v) is 7.37. The van der Waals surface area contributed by atoms with Crippen molar-refractivity contribution in [2.24, 2.45) is 0 Å². The average molecular weight is 174 g/mol. The Morgan fingerprint density at radius 1 is 1.69 bits per heavy atom. The molecule has 0 aromatic carbocycles. The number of nitrogens with zero attached hydrogens (tertiary/aromatic N) is 1. The van der Waals surface area contributed by atoms with Gasteiger partial charge in [0.15, 0.2) is 0 Å². The molecule has 0 saturated carbocycles. The summed E-state index contributed by atoms with van der Waals surface area (Å²) in [5.74, 6) is 5.70. The van der Waals surface area contributed by atoms with Crippen LogP contribution in [0.4, 0.5) is 0 Å². The molecule has 0 saturated heterocycles. The summed E-state index contributed by atoms with van der Waals surface area (Å²) in [5, 5.41) is 2.90. The van der Waals surface area contributed by atoms with Gasteiger partial charge in [-0.3, -0.25) is 4.79 Å². The van der Waals surface area contributed by atoms with E-state index in [0.29, 0.717) is 17.8 Å². The fourth-order valence-corrected chi connectivity index (χ4v) is 0.812. The lowest BCUT2D eigenvalue weighted by molar-refractivity contribution is 0.112. The lowest BCUT2D eigenvalue weighted by Crippen LogP contribution is -2.04. The summed E-state index contributed by atoms with van der Waals surface area (Å²) in [5.41, 5.74) is 1.23. The Morgan fingerprint density at radius 3 is 3.23 bits per heavy atom. The van der Waals surface area contributed by atoms with Crippen molar-refractivity contribution in [2.75, 3.05) is 13.6 Å². The molecular formula is C10H10N2O. The Kier molecular flexibility index (Phi) is 3.68. The van der Waals surface area contributed by atoms with Gasteiger partial charge in [0.2, 0.25) is 0 Å². The lowest BCUT2D eigenvalue weighted by atomic mass is 10.2. The number of hydrogen-bond donors (Lipinski definition) is 1. The Labute approximate surface area is 77.2 Å². The molecule has 1 aromatic heterocycles. The highest BCUT2D eigenvalue weighted by atomic mass is 16.1. The maximum atomic E-state index is 10.4. The predicted molar refractivity (Wildman–Crippen MR) is 50.4 cm³/mol. The monoisotopic (exact) mass is 174 g/mol. The molecule has 0 aliphatic carbocycles. The van der Waals surface area contributed by atoms with Crippen LogP contribution in [0.1, 0.15) is 16.1 Å². The Balaban J connectivity index is 2.79. The number of rotatable bonds is 2. The molecule has 1 N–H and O–H groups in total. The van der Waals surface area contributed by atoms with Gasteiger partial charge in [-0.25, -0.2) is 4.98 Å². The highest BCUT2D eigenvalue weighted by Gasteiger charge is 1.90. The van der Waals surface area contributed by atoms with Crippen molar-refractivity contribution < 1.29 is 4.79 Å². The average Bonchev–Trinajstić information content (AvgIpc) is 2.19. The van der Waals surface area contributed by atoms with Gasteiger partial charge in [0.25, 0.3) is 0 Å². The maximum absolute atomic E-state index is 10.4. The van der Waals surface area contributed by atoms with Crippen LogP contribution in [0, 0.1) is 11.8 Å². The smallest absolute Gasteiger partial charge is 0.150 e. The highest BCUT2D eigenvalue weighted by molar-refractivity contribution is 5.74. The van der Waals surface area contributed by atoms with Gasteiger partial charge in [-0.15, -0.1) is 0 Å². The second kappa shape index (κ2) is 5.07. The van der Waals surface area contributed by atoms with Crippen molar-refractivity contribution in [3.05, 3.63) is 29.6 Å². The number of aromatic nitrogens is 1. The van der Waals surface area contributed by atoms with Crippen molar-refractivity contribution in [2.45, 2.75) is 0 Å². The predicted octanol–water partition coefficient (Wildman–Crippen LogP) is 0.465. The molecule has 1 heterocycles. The molecule has 0 radical (unpaired) electrons. The molecule has 0 atom stereocenters. The first-order chi connectivity index (χ1) is 6.36. The van der Waals surface area contributed by atoms with E-state index in [9.17, 15) is 4.79 Å². The largest absolute Gasteiger partial charge is 0.309 e. The van der Waals surface area contributed by atoms with Crippen molar-refractivity contribution in [3.63, 3.8) is 0 Å². The minimum Gasteiger partial charge on any atom is -0.309 e. The molecule has 0 aliphatic rings. The van der Waals surface area contributed by atoms with Gasteiger partial charge in [-0.05, 0) is 25.1 Å². The maximum Gasteiger partial charge on any atom is 0.150 e. The van der Waals surface area contributed by atoms with Crippen LogP contribution in [0.5, 0.6) is 0 Å². The summed E-state index contributed by atoms with van der Waals surface area (Å²) < 4.78 is 0. The third-order valence-electron chi connectivity index (χ3n) is 1.40. The van der Waals surface area contributed by atoms with Crippen molar-refractivity contribution in [1.29, 1.82) is 0 Å². The Hall–Kier alpha value is -1.66. The minimum absolute atomic E-state index is 0.601. The van der Waals surface area contributed by atoms with Crippen molar-refractivity contribution >= 4 is 6.29 Å². The third-order valence-corrected chi connectivity index (χ3v) is 1.40. The van der Waals surface area contributed by atoms with Crippen LogP contribution in [-0.4, -0.2) is 24.9 Å². The van der Waals surface area contributed by atoms with Gasteiger partial charge in [0.05, 0.1) is 6.54 Å². The molecule has 3 nitrogen and oxygen atoms in total. The summed E-state index contributed by atoms with van der Waals surface area (Å²) in [4.78, 5) is 14.4. The highest BCUT2D eigenvalue weighted by Crippen LogP contribution is 1.96. The molecule has 0 amide bonds. The summed E-state index contributed by atoms with van der Waals surface area (Å²) in [6.45, 7) is 0.618. The second-order valence-electron chi connectivity index (χ2n) is 2.42. The van der Waals surface area contributed by atoms with Gasteiger partial charge in [-0.1, -0.05) is 5.92 Å². The number of pyridine rings is 1. The van der Waals surface area contributed by atoms with Crippen molar-refractivity contribution in [3.8, 4) is 11.8 Å². The van der Waals surface area contributed by atoms with E-state index in [1.54, 1.807) is 18.3 Å². The van der Waals surface area contributed by atoms with E-state index in [-0.39, 0.29) is 0 Å². The first-order valence-corrected chi connectivity index (χ1v) is 3.91. The van der Waals surface area contributed by atoms with Gasteiger partial charge in [-0.2, -0.15) is 0 Å². The number of nitrogens with one attached hydrogen (secondary N) is 1. The van der Waals surface area contributed by atoms with Gasteiger partial charge < -0.3 is 5.32 Å². The van der Waals surface area contributed by atoms with E-state index in [1.807, 2.05) is 7.05 Å². The van der Waals surface area contributed by atoms with Crippen LogP contribution in [0.3, 0.4) is 0 Å². The zero-order valence-electron chi connectivity index (χ0n) is 7.37. The molecule has 66 valence electrons. The summed E-state index contributed by atoms with van der Waals surface area (Å²) >= 11 is 0.